The molecule has 2 aromatic heterocycles. The standard InChI is InChI=1S/C30H37N7O3/c1-19-14-35(25-9-7-22(13-31)37-26(25)10-11-32-37)17-27-23-8-6-21(12-20(23)15-36(19)27)34-16-24(28(18-34)39-5)33-29(38)40-30(2,3)4/h6-12,19,24,27-28H,14-18H2,1-5H3,(H,33,38)/t19-,24-,27-,28-/m1/s1. The molecule has 0 spiro atoms. The molecule has 0 aliphatic carbocycles. The van der Waals surface area contributed by atoms with Crippen molar-refractivity contribution in [2.45, 2.75) is 64.1 Å². The molecule has 4 atom stereocenters. The van der Waals surface area contributed by atoms with Crippen LogP contribution in [0.15, 0.2) is 42.6 Å². The van der Waals surface area contributed by atoms with Crippen LogP contribution in [0.2, 0.25) is 0 Å². The van der Waals surface area contributed by atoms with Crippen LogP contribution in [0.5, 0.6) is 0 Å². The number of hydrogen-bond acceptors (Lipinski definition) is 8. The van der Waals surface area contributed by atoms with Crippen LogP contribution >= 0.6 is 0 Å². The van der Waals surface area contributed by atoms with Crippen LogP contribution in [0, 0.1) is 11.3 Å². The summed E-state index contributed by atoms with van der Waals surface area (Å²) in [6.07, 6.45) is 1.22. The van der Waals surface area contributed by atoms with E-state index in [0.717, 1.165) is 36.5 Å². The number of anilines is 2. The summed E-state index contributed by atoms with van der Waals surface area (Å²) in [5.74, 6) is 0. The number of rotatable bonds is 4. The molecule has 1 N–H and O–H groups in total. The number of carbonyl (C=O) groups excluding carboxylic acids is 1. The summed E-state index contributed by atoms with van der Waals surface area (Å²) in [5.41, 5.74) is 5.92. The van der Waals surface area contributed by atoms with Gasteiger partial charge in [0.2, 0.25) is 0 Å². The van der Waals surface area contributed by atoms with Crippen LogP contribution in [-0.2, 0) is 16.0 Å². The zero-order valence-electron chi connectivity index (χ0n) is 23.8. The summed E-state index contributed by atoms with van der Waals surface area (Å²) in [5, 5.41) is 16.9. The van der Waals surface area contributed by atoms with Crippen LogP contribution in [0.25, 0.3) is 5.52 Å². The zero-order chi connectivity index (χ0) is 28.2. The minimum absolute atomic E-state index is 0.117. The predicted molar refractivity (Wildman–Crippen MR) is 152 cm³/mol. The van der Waals surface area contributed by atoms with Crippen LogP contribution < -0.4 is 15.1 Å². The lowest BCUT2D eigenvalue weighted by atomic mass is 10.0. The van der Waals surface area contributed by atoms with E-state index in [-0.39, 0.29) is 12.1 Å². The molecule has 2 saturated heterocycles. The summed E-state index contributed by atoms with van der Waals surface area (Å²) >= 11 is 0. The smallest absolute Gasteiger partial charge is 0.408 e. The number of nitriles is 1. The molecule has 0 radical (unpaired) electrons. The molecule has 210 valence electrons. The second-order valence-electron chi connectivity index (χ2n) is 12.1. The highest BCUT2D eigenvalue weighted by Crippen LogP contribution is 2.42. The maximum absolute atomic E-state index is 12.4. The first-order valence-electron chi connectivity index (χ1n) is 13.9. The highest BCUT2D eigenvalue weighted by atomic mass is 16.6. The van der Waals surface area contributed by atoms with Crippen LogP contribution in [-0.4, -0.2) is 77.7 Å². The first kappa shape index (κ1) is 26.4. The SMILES string of the molecule is CO[C@@H]1CN(c2ccc3c(c2)CN2[C@H](C)CN(c4ccc(C#N)n5nccc45)C[C@H]32)C[C@H]1NC(=O)OC(C)(C)C. The monoisotopic (exact) mass is 543 g/mol. The van der Waals surface area contributed by atoms with Gasteiger partial charge in [0, 0.05) is 51.6 Å². The minimum atomic E-state index is -0.547. The molecular weight excluding hydrogens is 506 g/mol. The molecule has 40 heavy (non-hydrogen) atoms. The second kappa shape index (κ2) is 9.98. The Hall–Kier alpha value is -3.81. The van der Waals surface area contributed by atoms with Gasteiger partial charge in [-0.05, 0) is 69.2 Å². The lowest BCUT2D eigenvalue weighted by molar-refractivity contribution is 0.0417. The number of ether oxygens (including phenoxy) is 2. The van der Waals surface area contributed by atoms with Gasteiger partial charge in [-0.1, -0.05) is 6.07 Å². The molecule has 0 bridgehead atoms. The molecule has 0 saturated carbocycles. The number of nitrogens with zero attached hydrogens (tertiary/aromatic N) is 6. The Labute approximate surface area is 235 Å². The van der Waals surface area contributed by atoms with Crippen molar-refractivity contribution in [1.82, 2.24) is 19.8 Å². The van der Waals surface area contributed by atoms with Crippen molar-refractivity contribution in [2.75, 3.05) is 43.1 Å². The number of hydrogen-bond donors (Lipinski definition) is 1. The minimum Gasteiger partial charge on any atom is -0.444 e. The number of alkyl carbamates (subject to hydrolysis) is 1. The molecule has 1 amide bonds. The molecule has 0 unspecified atom stereocenters. The number of benzene rings is 1. The largest absolute Gasteiger partial charge is 0.444 e. The molecule has 3 aliphatic heterocycles. The number of nitrogens with one attached hydrogen (secondary N) is 1. The number of methoxy groups -OCH3 is 1. The number of amides is 1. The average Bonchev–Trinajstić information content (AvgIpc) is 3.64. The van der Waals surface area contributed by atoms with Gasteiger partial charge >= 0.3 is 6.09 Å². The fraction of sp³-hybridized carbons (Fsp3) is 0.500. The van der Waals surface area contributed by atoms with E-state index in [4.69, 9.17) is 9.47 Å². The number of aromatic nitrogens is 2. The van der Waals surface area contributed by atoms with E-state index in [1.807, 2.05) is 32.9 Å². The molecule has 1 aromatic carbocycles. The van der Waals surface area contributed by atoms with Gasteiger partial charge in [0.25, 0.3) is 0 Å². The molecule has 10 nitrogen and oxygen atoms in total. The van der Waals surface area contributed by atoms with Gasteiger partial charge in [-0.3, -0.25) is 4.90 Å². The number of fused-ring (bicyclic) bond motifs is 4. The van der Waals surface area contributed by atoms with Crippen molar-refractivity contribution in [3.05, 3.63) is 59.4 Å². The zero-order valence-corrected chi connectivity index (χ0v) is 23.8. The second-order valence-corrected chi connectivity index (χ2v) is 12.1. The Balaban J connectivity index is 1.20. The first-order valence-corrected chi connectivity index (χ1v) is 13.9. The third-order valence-corrected chi connectivity index (χ3v) is 8.31. The summed E-state index contributed by atoms with van der Waals surface area (Å²) < 4.78 is 12.9. The lowest BCUT2D eigenvalue weighted by Crippen LogP contribution is -2.51. The fourth-order valence-electron chi connectivity index (χ4n) is 6.48. The van der Waals surface area contributed by atoms with E-state index in [1.54, 1.807) is 17.8 Å². The average molecular weight is 544 g/mol. The van der Waals surface area contributed by atoms with Crippen LogP contribution in [0.4, 0.5) is 16.2 Å². The van der Waals surface area contributed by atoms with Crippen molar-refractivity contribution in [3.8, 4) is 6.07 Å². The summed E-state index contributed by atoms with van der Waals surface area (Å²) in [4.78, 5) is 19.7. The summed E-state index contributed by atoms with van der Waals surface area (Å²) in [7, 11) is 1.69. The Morgan fingerprint density at radius 1 is 1.10 bits per heavy atom. The van der Waals surface area contributed by atoms with E-state index in [9.17, 15) is 10.1 Å². The molecule has 5 heterocycles. The molecule has 10 heteroatoms. The van der Waals surface area contributed by atoms with Crippen LogP contribution in [0.1, 0.15) is 50.6 Å². The summed E-state index contributed by atoms with van der Waals surface area (Å²) in [6, 6.07) is 15.4. The molecular formula is C30H37N7O3. The fourth-order valence-corrected chi connectivity index (χ4v) is 6.48. The van der Waals surface area contributed by atoms with Gasteiger partial charge in [0.15, 0.2) is 0 Å². The van der Waals surface area contributed by atoms with Crippen molar-refractivity contribution >= 4 is 23.0 Å². The third-order valence-electron chi connectivity index (χ3n) is 8.31. The van der Waals surface area contributed by atoms with E-state index in [0.29, 0.717) is 30.9 Å². The van der Waals surface area contributed by atoms with Crippen LogP contribution in [0.3, 0.4) is 0 Å². The topological polar surface area (TPSA) is 98.4 Å². The Morgan fingerprint density at radius 2 is 1.93 bits per heavy atom. The van der Waals surface area contributed by atoms with Gasteiger partial charge in [0.05, 0.1) is 35.6 Å². The molecule has 3 aromatic rings. The van der Waals surface area contributed by atoms with E-state index < -0.39 is 11.7 Å². The van der Waals surface area contributed by atoms with Gasteiger partial charge in [-0.25, -0.2) is 9.31 Å². The quantitative estimate of drug-likeness (QED) is 0.532. The van der Waals surface area contributed by atoms with E-state index >= 15 is 0 Å². The number of carbonyl (C=O) groups is 1. The van der Waals surface area contributed by atoms with Gasteiger partial charge in [-0.15, -0.1) is 0 Å². The Bertz CT molecular complexity index is 1470. The summed E-state index contributed by atoms with van der Waals surface area (Å²) in [6.45, 7) is 11.9. The van der Waals surface area contributed by atoms with Crippen molar-refractivity contribution in [2.24, 2.45) is 0 Å². The third kappa shape index (κ3) is 4.73. The first-order chi connectivity index (χ1) is 19.1. The molecule has 3 aliphatic rings. The van der Waals surface area contributed by atoms with E-state index in [1.165, 1.54) is 11.1 Å². The lowest BCUT2D eigenvalue weighted by Gasteiger charge is -2.43. The maximum Gasteiger partial charge on any atom is 0.408 e. The van der Waals surface area contributed by atoms with Gasteiger partial charge in [0.1, 0.15) is 17.4 Å². The highest BCUT2D eigenvalue weighted by molar-refractivity contribution is 5.74. The normalized spacial score (nSPS) is 24.6. The number of piperazine rings is 1. The van der Waals surface area contributed by atoms with Gasteiger partial charge in [-0.2, -0.15) is 10.4 Å². The highest BCUT2D eigenvalue weighted by Gasteiger charge is 2.40. The Kier molecular flexibility index (Phi) is 6.59. The maximum atomic E-state index is 12.4. The molecule has 2 fully saturated rings. The number of pyridine rings is 1. The predicted octanol–water partition coefficient (Wildman–Crippen LogP) is 3.70. The van der Waals surface area contributed by atoms with E-state index in [2.05, 4.69) is 62.4 Å². The molecule has 6 rings (SSSR count). The Morgan fingerprint density at radius 3 is 2.67 bits per heavy atom. The van der Waals surface area contributed by atoms with Crippen molar-refractivity contribution in [1.29, 1.82) is 5.26 Å². The van der Waals surface area contributed by atoms with Gasteiger partial charge < -0.3 is 24.6 Å². The van der Waals surface area contributed by atoms with Crippen molar-refractivity contribution in [3.63, 3.8) is 0 Å². The van der Waals surface area contributed by atoms with Crippen molar-refractivity contribution < 1.29 is 14.3 Å².